The van der Waals surface area contributed by atoms with E-state index in [-0.39, 0.29) is 17.6 Å². The Bertz CT molecular complexity index is 894. The van der Waals surface area contributed by atoms with Gasteiger partial charge in [-0.3, -0.25) is 9.59 Å². The molecule has 1 aromatic carbocycles. The Labute approximate surface area is 155 Å². The van der Waals surface area contributed by atoms with E-state index < -0.39 is 0 Å². The van der Waals surface area contributed by atoms with Crippen molar-refractivity contribution in [3.63, 3.8) is 0 Å². The van der Waals surface area contributed by atoms with Crippen LogP contribution in [0, 0.1) is 5.92 Å². The van der Waals surface area contributed by atoms with Crippen LogP contribution in [0.3, 0.4) is 0 Å². The zero-order valence-electron chi connectivity index (χ0n) is 14.1. The minimum Gasteiger partial charge on any atom is -0.462 e. The van der Waals surface area contributed by atoms with E-state index in [0.29, 0.717) is 42.4 Å². The molecule has 0 bridgehead atoms. The maximum Gasteiger partial charge on any atom is 0.273 e. The van der Waals surface area contributed by atoms with Gasteiger partial charge in [-0.2, -0.15) is 0 Å². The van der Waals surface area contributed by atoms with Crippen molar-refractivity contribution in [1.29, 1.82) is 0 Å². The number of likely N-dealkylation sites (tertiary alicyclic amines) is 1. The molecular weight excluding hydrogens is 348 g/mol. The molecule has 1 amide bonds. The number of ketones is 1. The number of aromatic nitrogens is 1. The highest BCUT2D eigenvalue weighted by atomic mass is 32.1. The number of Topliss-reactive ketones (excluding diaryl/α,β-unsaturated/α-hetero) is 1. The van der Waals surface area contributed by atoms with Gasteiger partial charge < -0.3 is 9.32 Å². The summed E-state index contributed by atoms with van der Waals surface area (Å²) in [7, 11) is 0. The number of furan rings is 1. The van der Waals surface area contributed by atoms with Crippen LogP contribution in [-0.4, -0.2) is 34.7 Å². The molecule has 1 saturated heterocycles. The maximum absolute atomic E-state index is 12.7. The summed E-state index contributed by atoms with van der Waals surface area (Å²) in [5.41, 5.74) is 1.19. The average molecular weight is 366 g/mol. The topological polar surface area (TPSA) is 63.4 Å². The monoisotopic (exact) mass is 366 g/mol. The van der Waals surface area contributed by atoms with Crippen LogP contribution in [0.15, 0.2) is 58.5 Å². The summed E-state index contributed by atoms with van der Waals surface area (Å²) in [4.78, 5) is 31.4. The SMILES string of the molecule is O=C(c1ccccc1)C1CCN(C(=O)c2csc(-c3ccco3)n2)CC1. The smallest absolute Gasteiger partial charge is 0.273 e. The summed E-state index contributed by atoms with van der Waals surface area (Å²) in [5, 5.41) is 2.47. The van der Waals surface area contributed by atoms with Gasteiger partial charge in [-0.15, -0.1) is 11.3 Å². The summed E-state index contributed by atoms with van der Waals surface area (Å²) in [6, 6.07) is 13.0. The van der Waals surface area contributed by atoms with Gasteiger partial charge in [-0.25, -0.2) is 4.98 Å². The van der Waals surface area contributed by atoms with Crippen molar-refractivity contribution in [2.24, 2.45) is 5.92 Å². The Morgan fingerprint density at radius 2 is 1.85 bits per heavy atom. The van der Waals surface area contributed by atoms with Crippen LogP contribution in [0.2, 0.25) is 0 Å². The van der Waals surface area contributed by atoms with Crippen molar-refractivity contribution >= 4 is 23.0 Å². The molecule has 4 rings (SSSR count). The van der Waals surface area contributed by atoms with E-state index in [0.717, 1.165) is 5.56 Å². The molecule has 6 heteroatoms. The largest absolute Gasteiger partial charge is 0.462 e. The van der Waals surface area contributed by atoms with E-state index in [1.807, 2.05) is 36.4 Å². The molecule has 3 heterocycles. The predicted molar refractivity (Wildman–Crippen MR) is 99.2 cm³/mol. The summed E-state index contributed by atoms with van der Waals surface area (Å²) >= 11 is 1.40. The molecular formula is C20H18N2O3S. The predicted octanol–water partition coefficient (Wildman–Crippen LogP) is 4.14. The van der Waals surface area contributed by atoms with Crippen LogP contribution in [0.1, 0.15) is 33.7 Å². The lowest BCUT2D eigenvalue weighted by molar-refractivity contribution is 0.0646. The summed E-state index contributed by atoms with van der Waals surface area (Å²) < 4.78 is 5.33. The summed E-state index contributed by atoms with van der Waals surface area (Å²) in [6.07, 6.45) is 2.97. The van der Waals surface area contributed by atoms with Gasteiger partial charge in [0.2, 0.25) is 0 Å². The van der Waals surface area contributed by atoms with E-state index in [2.05, 4.69) is 4.98 Å². The minimum atomic E-state index is -0.0790. The Morgan fingerprint density at radius 1 is 1.08 bits per heavy atom. The van der Waals surface area contributed by atoms with E-state index >= 15 is 0 Å². The van der Waals surface area contributed by atoms with Crippen LogP contribution >= 0.6 is 11.3 Å². The third kappa shape index (κ3) is 3.32. The Kier molecular flexibility index (Phi) is 4.67. The lowest BCUT2D eigenvalue weighted by Gasteiger charge is -2.30. The molecule has 1 aliphatic rings. The van der Waals surface area contributed by atoms with Gasteiger partial charge >= 0.3 is 0 Å². The highest BCUT2D eigenvalue weighted by Gasteiger charge is 2.29. The second-order valence-electron chi connectivity index (χ2n) is 6.31. The van der Waals surface area contributed by atoms with Crippen LogP contribution in [0.25, 0.3) is 10.8 Å². The van der Waals surface area contributed by atoms with Gasteiger partial charge in [0.25, 0.3) is 5.91 Å². The molecule has 1 fully saturated rings. The first kappa shape index (κ1) is 16.7. The van der Waals surface area contributed by atoms with Crippen molar-refractivity contribution in [2.45, 2.75) is 12.8 Å². The molecule has 0 saturated carbocycles. The lowest BCUT2D eigenvalue weighted by Crippen LogP contribution is -2.40. The number of thiazole rings is 1. The molecule has 0 atom stereocenters. The first-order chi connectivity index (χ1) is 12.7. The fourth-order valence-corrected chi connectivity index (χ4v) is 3.99. The van der Waals surface area contributed by atoms with Crippen LogP contribution in [-0.2, 0) is 0 Å². The molecule has 0 N–H and O–H groups in total. The second kappa shape index (κ2) is 7.25. The van der Waals surface area contributed by atoms with Gasteiger partial charge in [0.15, 0.2) is 16.6 Å². The third-order valence-electron chi connectivity index (χ3n) is 4.67. The molecule has 3 aromatic rings. The second-order valence-corrected chi connectivity index (χ2v) is 7.17. The van der Waals surface area contributed by atoms with Gasteiger partial charge in [0, 0.05) is 30.0 Å². The molecule has 2 aromatic heterocycles. The minimum absolute atomic E-state index is 0.0180. The highest BCUT2D eigenvalue weighted by Crippen LogP contribution is 2.26. The number of hydrogen-bond donors (Lipinski definition) is 0. The fourth-order valence-electron chi connectivity index (χ4n) is 3.23. The highest BCUT2D eigenvalue weighted by molar-refractivity contribution is 7.13. The van der Waals surface area contributed by atoms with Gasteiger partial charge in [0.05, 0.1) is 6.26 Å². The van der Waals surface area contributed by atoms with Crippen molar-refractivity contribution in [3.05, 3.63) is 65.4 Å². The van der Waals surface area contributed by atoms with E-state index in [9.17, 15) is 9.59 Å². The summed E-state index contributed by atoms with van der Waals surface area (Å²) in [5.74, 6) is 0.743. The van der Waals surface area contributed by atoms with Crippen LogP contribution in [0.4, 0.5) is 0 Å². The fraction of sp³-hybridized carbons (Fsp3) is 0.250. The number of hydrogen-bond acceptors (Lipinski definition) is 5. The van der Waals surface area contributed by atoms with Crippen molar-refractivity contribution in [1.82, 2.24) is 9.88 Å². The molecule has 1 aliphatic heterocycles. The first-order valence-electron chi connectivity index (χ1n) is 8.60. The molecule has 0 unspecified atom stereocenters. The van der Waals surface area contributed by atoms with Crippen molar-refractivity contribution < 1.29 is 14.0 Å². The summed E-state index contributed by atoms with van der Waals surface area (Å²) in [6.45, 7) is 1.16. The number of piperidine rings is 1. The molecule has 0 aliphatic carbocycles. The molecule has 26 heavy (non-hydrogen) atoms. The Hall–Kier alpha value is -2.73. The number of carbonyl (C=O) groups is 2. The van der Waals surface area contributed by atoms with E-state index in [1.54, 1.807) is 22.6 Å². The number of amides is 1. The lowest BCUT2D eigenvalue weighted by atomic mass is 9.89. The standard InChI is InChI=1S/C20H18N2O3S/c23-18(14-5-2-1-3-6-14)15-8-10-22(11-9-15)20(24)16-13-26-19(21-16)17-7-4-12-25-17/h1-7,12-13,15H,8-11H2. The van der Waals surface area contributed by atoms with Crippen LogP contribution in [0.5, 0.6) is 0 Å². The number of nitrogens with zero attached hydrogens (tertiary/aromatic N) is 2. The number of carbonyl (C=O) groups excluding carboxylic acids is 2. The molecule has 0 radical (unpaired) electrons. The zero-order chi connectivity index (χ0) is 17.9. The zero-order valence-corrected chi connectivity index (χ0v) is 14.9. The van der Waals surface area contributed by atoms with Gasteiger partial charge in [-0.05, 0) is 25.0 Å². The number of rotatable bonds is 4. The van der Waals surface area contributed by atoms with Crippen molar-refractivity contribution in [2.75, 3.05) is 13.1 Å². The molecule has 132 valence electrons. The Balaban J connectivity index is 1.39. The molecule has 0 spiro atoms. The maximum atomic E-state index is 12.7. The van der Waals surface area contributed by atoms with Gasteiger partial charge in [0.1, 0.15) is 5.69 Å². The van der Waals surface area contributed by atoms with E-state index in [1.165, 1.54) is 11.3 Å². The average Bonchev–Trinajstić information content (AvgIpc) is 3.39. The Morgan fingerprint density at radius 3 is 2.54 bits per heavy atom. The normalized spacial score (nSPS) is 15.2. The van der Waals surface area contributed by atoms with Gasteiger partial charge in [-0.1, -0.05) is 30.3 Å². The number of benzene rings is 1. The van der Waals surface area contributed by atoms with Crippen LogP contribution < -0.4 is 0 Å². The molecule has 5 nitrogen and oxygen atoms in total. The van der Waals surface area contributed by atoms with Crippen molar-refractivity contribution in [3.8, 4) is 10.8 Å². The quantitative estimate of drug-likeness (QED) is 0.651. The third-order valence-corrected chi connectivity index (χ3v) is 5.52. The van der Waals surface area contributed by atoms with E-state index in [4.69, 9.17) is 4.42 Å². The first-order valence-corrected chi connectivity index (χ1v) is 9.48.